The average Bonchev–Trinajstić information content (AvgIpc) is 2.68. The van der Waals surface area contributed by atoms with E-state index in [-0.39, 0.29) is 18.0 Å². The van der Waals surface area contributed by atoms with Crippen molar-refractivity contribution in [2.24, 2.45) is 5.92 Å². The minimum Gasteiger partial charge on any atom is -0.326 e. The first-order chi connectivity index (χ1) is 8.72. The summed E-state index contributed by atoms with van der Waals surface area (Å²) in [7, 11) is 0. The standard InChI is InChI=1S/C14H16N2O2/c17-13-12(15-14(18)16-13)8-9-5-6-10-3-1-2-4-11(10)7-9/h1-4,9,12H,5-8H2,(H2,15,16,17,18). The lowest BCUT2D eigenvalue weighted by Gasteiger charge is -2.25. The molecular formula is C14H16N2O2. The fourth-order valence-electron chi connectivity index (χ4n) is 2.93. The Kier molecular flexibility index (Phi) is 2.78. The second kappa shape index (κ2) is 4.44. The number of nitrogens with one attached hydrogen (secondary N) is 2. The van der Waals surface area contributed by atoms with Crippen LogP contribution in [0.25, 0.3) is 0 Å². The van der Waals surface area contributed by atoms with Crippen LogP contribution in [-0.2, 0) is 17.6 Å². The number of imide groups is 1. The zero-order chi connectivity index (χ0) is 12.5. The third kappa shape index (κ3) is 2.10. The van der Waals surface area contributed by atoms with E-state index >= 15 is 0 Å². The van der Waals surface area contributed by atoms with Crippen molar-refractivity contribution in [3.63, 3.8) is 0 Å². The molecule has 1 saturated heterocycles. The largest absolute Gasteiger partial charge is 0.326 e. The Morgan fingerprint density at radius 2 is 1.94 bits per heavy atom. The number of carbonyl (C=O) groups excluding carboxylic acids is 2. The minimum absolute atomic E-state index is 0.182. The highest BCUT2D eigenvalue weighted by Crippen LogP contribution is 2.28. The van der Waals surface area contributed by atoms with Crippen molar-refractivity contribution in [3.05, 3.63) is 35.4 Å². The van der Waals surface area contributed by atoms with Gasteiger partial charge in [-0.2, -0.15) is 0 Å². The number of benzene rings is 1. The van der Waals surface area contributed by atoms with Gasteiger partial charge in [-0.3, -0.25) is 10.1 Å². The highest BCUT2D eigenvalue weighted by molar-refractivity contribution is 6.04. The van der Waals surface area contributed by atoms with E-state index in [1.165, 1.54) is 11.1 Å². The summed E-state index contributed by atoms with van der Waals surface area (Å²) in [6.07, 6.45) is 3.92. The van der Waals surface area contributed by atoms with Crippen LogP contribution in [-0.4, -0.2) is 18.0 Å². The second-order valence-corrected chi connectivity index (χ2v) is 5.13. The molecule has 2 unspecified atom stereocenters. The zero-order valence-corrected chi connectivity index (χ0v) is 10.1. The van der Waals surface area contributed by atoms with Gasteiger partial charge in [0.2, 0.25) is 0 Å². The van der Waals surface area contributed by atoms with Crippen molar-refractivity contribution in [2.45, 2.75) is 31.7 Å². The Bertz CT molecular complexity index is 498. The summed E-state index contributed by atoms with van der Waals surface area (Å²) >= 11 is 0. The van der Waals surface area contributed by atoms with E-state index in [2.05, 4.69) is 34.9 Å². The molecule has 1 fully saturated rings. The van der Waals surface area contributed by atoms with Gasteiger partial charge in [-0.1, -0.05) is 24.3 Å². The number of carbonyl (C=O) groups is 2. The molecule has 4 heteroatoms. The third-order valence-corrected chi connectivity index (χ3v) is 3.88. The normalized spacial score (nSPS) is 26.4. The van der Waals surface area contributed by atoms with E-state index in [1.807, 2.05) is 0 Å². The first-order valence-corrected chi connectivity index (χ1v) is 6.40. The van der Waals surface area contributed by atoms with Gasteiger partial charge < -0.3 is 5.32 Å². The summed E-state index contributed by atoms with van der Waals surface area (Å²) in [4.78, 5) is 22.6. The maximum atomic E-state index is 11.5. The third-order valence-electron chi connectivity index (χ3n) is 3.88. The molecule has 2 aliphatic rings. The zero-order valence-electron chi connectivity index (χ0n) is 10.1. The van der Waals surface area contributed by atoms with Crippen LogP contribution in [0.1, 0.15) is 24.0 Å². The Hall–Kier alpha value is -1.84. The molecule has 1 heterocycles. The highest BCUT2D eigenvalue weighted by atomic mass is 16.2. The molecule has 3 rings (SSSR count). The molecule has 4 nitrogen and oxygen atoms in total. The van der Waals surface area contributed by atoms with Gasteiger partial charge in [-0.25, -0.2) is 4.79 Å². The molecular weight excluding hydrogens is 228 g/mol. The fraction of sp³-hybridized carbons (Fsp3) is 0.429. The van der Waals surface area contributed by atoms with Crippen molar-refractivity contribution in [1.82, 2.24) is 10.6 Å². The van der Waals surface area contributed by atoms with Gasteiger partial charge in [0.25, 0.3) is 5.91 Å². The molecule has 1 aliphatic heterocycles. The van der Waals surface area contributed by atoms with E-state index in [0.29, 0.717) is 5.92 Å². The predicted molar refractivity (Wildman–Crippen MR) is 67.0 cm³/mol. The summed E-state index contributed by atoms with van der Waals surface area (Å²) in [5.41, 5.74) is 2.81. The average molecular weight is 244 g/mol. The molecule has 3 amide bonds. The first kappa shape index (κ1) is 11.3. The van der Waals surface area contributed by atoms with Crippen molar-refractivity contribution in [3.8, 4) is 0 Å². The summed E-state index contributed by atoms with van der Waals surface area (Å²) in [6, 6.07) is 7.77. The van der Waals surface area contributed by atoms with Crippen molar-refractivity contribution >= 4 is 11.9 Å². The van der Waals surface area contributed by atoms with Gasteiger partial charge >= 0.3 is 6.03 Å². The van der Waals surface area contributed by atoms with Crippen LogP contribution < -0.4 is 10.6 Å². The number of hydrogen-bond acceptors (Lipinski definition) is 2. The van der Waals surface area contributed by atoms with Gasteiger partial charge in [0.05, 0.1) is 0 Å². The van der Waals surface area contributed by atoms with Crippen LogP contribution in [0.3, 0.4) is 0 Å². The van der Waals surface area contributed by atoms with E-state index < -0.39 is 0 Å². The molecule has 18 heavy (non-hydrogen) atoms. The molecule has 2 atom stereocenters. The van der Waals surface area contributed by atoms with Crippen molar-refractivity contribution < 1.29 is 9.59 Å². The topological polar surface area (TPSA) is 58.2 Å². The molecule has 94 valence electrons. The lowest BCUT2D eigenvalue weighted by Crippen LogP contribution is -2.32. The van der Waals surface area contributed by atoms with Gasteiger partial charge in [-0.05, 0) is 42.7 Å². The van der Waals surface area contributed by atoms with Crippen LogP contribution in [0.4, 0.5) is 4.79 Å². The van der Waals surface area contributed by atoms with E-state index in [1.54, 1.807) is 0 Å². The molecule has 0 radical (unpaired) electrons. The lowest BCUT2D eigenvalue weighted by atomic mass is 9.81. The number of urea groups is 1. The number of hydrogen-bond donors (Lipinski definition) is 2. The second-order valence-electron chi connectivity index (χ2n) is 5.13. The summed E-state index contributed by atoms with van der Waals surface area (Å²) in [5, 5.41) is 4.96. The maximum Gasteiger partial charge on any atom is 0.322 e. The molecule has 0 bridgehead atoms. The first-order valence-electron chi connectivity index (χ1n) is 6.40. The SMILES string of the molecule is O=C1NC(=O)C(CC2CCc3ccccc3C2)N1. The number of amides is 3. The molecule has 0 saturated carbocycles. The molecule has 2 N–H and O–H groups in total. The Balaban J connectivity index is 1.66. The van der Waals surface area contributed by atoms with Crippen LogP contribution in [0.15, 0.2) is 24.3 Å². The Labute approximate surface area is 106 Å². The Morgan fingerprint density at radius 1 is 1.17 bits per heavy atom. The molecule has 1 aliphatic carbocycles. The summed E-state index contributed by atoms with van der Waals surface area (Å²) in [5.74, 6) is 0.299. The smallest absolute Gasteiger partial charge is 0.322 e. The maximum absolute atomic E-state index is 11.5. The molecule has 0 aromatic heterocycles. The van der Waals surface area contributed by atoms with Gasteiger partial charge in [-0.15, -0.1) is 0 Å². The van der Waals surface area contributed by atoms with Crippen LogP contribution in [0.2, 0.25) is 0 Å². The minimum atomic E-state index is -0.360. The highest BCUT2D eigenvalue weighted by Gasteiger charge is 2.32. The van der Waals surface area contributed by atoms with E-state index in [9.17, 15) is 9.59 Å². The van der Waals surface area contributed by atoms with E-state index in [0.717, 1.165) is 25.7 Å². The lowest BCUT2D eigenvalue weighted by molar-refractivity contribution is -0.120. The molecule has 1 aromatic carbocycles. The van der Waals surface area contributed by atoms with Crippen molar-refractivity contribution in [1.29, 1.82) is 0 Å². The van der Waals surface area contributed by atoms with Crippen molar-refractivity contribution in [2.75, 3.05) is 0 Å². The molecule has 1 aromatic rings. The van der Waals surface area contributed by atoms with Crippen LogP contribution in [0, 0.1) is 5.92 Å². The van der Waals surface area contributed by atoms with Crippen LogP contribution in [0.5, 0.6) is 0 Å². The quantitative estimate of drug-likeness (QED) is 0.772. The van der Waals surface area contributed by atoms with Gasteiger partial charge in [0, 0.05) is 0 Å². The summed E-state index contributed by atoms with van der Waals surface area (Å²) < 4.78 is 0. The van der Waals surface area contributed by atoms with Gasteiger partial charge in [0.1, 0.15) is 6.04 Å². The monoisotopic (exact) mass is 244 g/mol. The fourth-order valence-corrected chi connectivity index (χ4v) is 2.93. The van der Waals surface area contributed by atoms with E-state index in [4.69, 9.17) is 0 Å². The Morgan fingerprint density at radius 3 is 2.67 bits per heavy atom. The van der Waals surface area contributed by atoms with Crippen LogP contribution >= 0.6 is 0 Å². The molecule has 0 spiro atoms. The summed E-state index contributed by atoms with van der Waals surface area (Å²) in [6.45, 7) is 0. The predicted octanol–water partition coefficient (Wildman–Crippen LogP) is 1.39. The van der Waals surface area contributed by atoms with Gasteiger partial charge in [0.15, 0.2) is 0 Å². The number of rotatable bonds is 2. The number of aryl methyl sites for hydroxylation is 1. The number of fused-ring (bicyclic) bond motifs is 1.